The van der Waals surface area contributed by atoms with Crippen LogP contribution >= 0.6 is 0 Å². The Kier molecular flexibility index (Phi) is 6.86. The second-order valence-corrected chi connectivity index (χ2v) is 15.1. The molecule has 0 amide bonds. The Labute approximate surface area is 291 Å². The summed E-state index contributed by atoms with van der Waals surface area (Å²) in [5.74, 6) is -0.865. The molecule has 1 N–H and O–H groups in total. The summed E-state index contributed by atoms with van der Waals surface area (Å²) in [4.78, 5) is 29.8. The van der Waals surface area contributed by atoms with Gasteiger partial charge in [0, 0.05) is 11.6 Å². The van der Waals surface area contributed by atoms with E-state index in [9.17, 15) is 14.7 Å². The minimum atomic E-state index is -0.907. The molecule has 5 nitrogen and oxygen atoms in total. The first kappa shape index (κ1) is 30.5. The van der Waals surface area contributed by atoms with E-state index in [0.29, 0.717) is 22.4 Å². The fraction of sp³-hybridized carbons (Fsp3) is 0.222. The lowest BCUT2D eigenvalue weighted by molar-refractivity contribution is -0.0692. The van der Waals surface area contributed by atoms with Gasteiger partial charge in [-0.15, -0.1) is 0 Å². The van der Waals surface area contributed by atoms with E-state index in [2.05, 4.69) is 89.9 Å². The fourth-order valence-corrected chi connectivity index (χ4v) is 10.7. The van der Waals surface area contributed by atoms with E-state index in [0.717, 1.165) is 43.9 Å². The van der Waals surface area contributed by atoms with Crippen molar-refractivity contribution in [2.45, 2.75) is 60.2 Å². The highest BCUT2D eigenvalue weighted by molar-refractivity contribution is 5.94. The minimum Gasteiger partial charge on any atom is -0.478 e. The molecule has 0 saturated heterocycles. The Morgan fingerprint density at radius 3 is 1.42 bits per heavy atom. The van der Waals surface area contributed by atoms with Gasteiger partial charge in [-0.25, -0.2) is 9.59 Å². The van der Waals surface area contributed by atoms with Gasteiger partial charge in [0.2, 0.25) is 0 Å². The van der Waals surface area contributed by atoms with Crippen LogP contribution in [0.5, 0.6) is 5.75 Å². The third kappa shape index (κ3) is 4.79. The zero-order chi connectivity index (χ0) is 34.0. The summed E-state index contributed by atoms with van der Waals surface area (Å²) >= 11 is 0. The quantitative estimate of drug-likeness (QED) is 0.137. The number of carbonyl (C=O) groups is 2. The summed E-state index contributed by atoms with van der Waals surface area (Å²) < 4.78 is 5.91. The molecule has 4 aliphatic carbocycles. The molecule has 5 aromatic carbocycles. The molecule has 10 rings (SSSR count). The van der Waals surface area contributed by atoms with Crippen molar-refractivity contribution in [2.75, 3.05) is 0 Å². The number of fused-ring (bicyclic) bond motifs is 1. The molecule has 1 heterocycles. The predicted octanol–water partition coefficient (Wildman–Crippen LogP) is 9.59. The van der Waals surface area contributed by atoms with Crippen molar-refractivity contribution < 1.29 is 19.4 Å². The smallest absolute Gasteiger partial charge is 0.343 e. The van der Waals surface area contributed by atoms with Crippen molar-refractivity contribution in [2.24, 2.45) is 0 Å². The van der Waals surface area contributed by atoms with E-state index >= 15 is 0 Å². The molecule has 4 saturated carbocycles. The molecule has 246 valence electrons. The number of nitrogens with zero attached hydrogens (tertiary/aromatic N) is 1. The van der Waals surface area contributed by atoms with Crippen LogP contribution in [-0.2, 0) is 21.7 Å². The molecule has 4 fully saturated rings. The van der Waals surface area contributed by atoms with Gasteiger partial charge in [0.05, 0.1) is 11.1 Å². The molecule has 6 aromatic rings. The SMILES string of the molecule is O=C(O)c1ccc(C23CC4(c5ccccc5)CC(c5ccccc5)(C2)CC(c2ccc(C(=O)Oc5cccc6cccnc56)cc2)(C4)C3)cc1. The second-order valence-electron chi connectivity index (χ2n) is 15.1. The van der Waals surface area contributed by atoms with Gasteiger partial charge in [-0.05, 0) is 119 Å². The van der Waals surface area contributed by atoms with Gasteiger partial charge < -0.3 is 9.84 Å². The van der Waals surface area contributed by atoms with Gasteiger partial charge in [-0.2, -0.15) is 0 Å². The predicted molar refractivity (Wildman–Crippen MR) is 194 cm³/mol. The van der Waals surface area contributed by atoms with Crippen molar-refractivity contribution >= 4 is 22.8 Å². The number of hydrogen-bond donors (Lipinski definition) is 1. The Morgan fingerprint density at radius 1 is 0.500 bits per heavy atom. The third-order valence-electron chi connectivity index (χ3n) is 12.1. The third-order valence-corrected chi connectivity index (χ3v) is 12.1. The molecular formula is C45H37NO4. The first-order valence-corrected chi connectivity index (χ1v) is 17.4. The van der Waals surface area contributed by atoms with Crippen LogP contribution in [0.4, 0.5) is 0 Å². The number of esters is 1. The molecule has 0 radical (unpaired) electrons. The Hall–Kier alpha value is -5.55. The van der Waals surface area contributed by atoms with Crippen LogP contribution in [0.2, 0.25) is 0 Å². The van der Waals surface area contributed by atoms with E-state index in [-0.39, 0.29) is 21.7 Å². The van der Waals surface area contributed by atoms with Gasteiger partial charge in [0.15, 0.2) is 5.75 Å². The maximum absolute atomic E-state index is 13.5. The number of hydrogen-bond acceptors (Lipinski definition) is 4. The summed E-state index contributed by atoms with van der Waals surface area (Å²) in [6.45, 7) is 0. The van der Waals surface area contributed by atoms with Crippen LogP contribution in [0.1, 0.15) is 81.5 Å². The summed E-state index contributed by atoms with van der Waals surface area (Å²) in [6.07, 6.45) is 7.78. The highest BCUT2D eigenvalue weighted by Crippen LogP contribution is 2.74. The Balaban J connectivity index is 1.16. The van der Waals surface area contributed by atoms with E-state index in [1.165, 1.54) is 22.3 Å². The number of carbonyl (C=O) groups excluding carboxylic acids is 1. The van der Waals surface area contributed by atoms with Crippen LogP contribution in [0.15, 0.2) is 146 Å². The van der Waals surface area contributed by atoms with E-state index in [1.807, 2.05) is 36.4 Å². The first-order chi connectivity index (χ1) is 24.3. The van der Waals surface area contributed by atoms with Crippen LogP contribution in [-0.4, -0.2) is 22.0 Å². The van der Waals surface area contributed by atoms with Gasteiger partial charge >= 0.3 is 11.9 Å². The Bertz CT molecular complexity index is 2180. The number of carboxylic acids is 1. The largest absolute Gasteiger partial charge is 0.478 e. The number of ether oxygens (including phenoxy) is 1. The monoisotopic (exact) mass is 655 g/mol. The van der Waals surface area contributed by atoms with Crippen molar-refractivity contribution in [3.05, 3.63) is 179 Å². The topological polar surface area (TPSA) is 76.5 Å². The van der Waals surface area contributed by atoms with Gasteiger partial charge in [-0.1, -0.05) is 103 Å². The van der Waals surface area contributed by atoms with Crippen molar-refractivity contribution in [3.8, 4) is 5.75 Å². The minimum absolute atomic E-state index is 0.0870. The number of carboxylic acid groups (broad SMARTS) is 1. The van der Waals surface area contributed by atoms with Gasteiger partial charge in [-0.3, -0.25) is 4.98 Å². The molecule has 0 spiro atoms. The van der Waals surface area contributed by atoms with E-state index < -0.39 is 11.9 Å². The number of aromatic nitrogens is 1. The number of benzene rings is 5. The lowest BCUT2D eigenvalue weighted by Gasteiger charge is -2.71. The summed E-state index contributed by atoms with van der Waals surface area (Å²) in [5, 5.41) is 10.7. The maximum atomic E-state index is 13.5. The van der Waals surface area contributed by atoms with Crippen LogP contribution in [0.25, 0.3) is 10.9 Å². The van der Waals surface area contributed by atoms with E-state index in [4.69, 9.17) is 4.74 Å². The van der Waals surface area contributed by atoms with Crippen molar-refractivity contribution in [3.63, 3.8) is 0 Å². The first-order valence-electron chi connectivity index (χ1n) is 17.4. The summed E-state index contributed by atoms with van der Waals surface area (Å²) in [7, 11) is 0. The number of rotatable bonds is 7. The average Bonchev–Trinajstić information content (AvgIpc) is 3.15. The van der Waals surface area contributed by atoms with Gasteiger partial charge in [0.25, 0.3) is 0 Å². The summed E-state index contributed by atoms with van der Waals surface area (Å²) in [6, 6.07) is 47.4. The molecule has 0 aliphatic heterocycles. The molecule has 2 atom stereocenters. The lowest BCUT2D eigenvalue weighted by Crippen LogP contribution is -2.67. The second kappa shape index (κ2) is 11.2. The van der Waals surface area contributed by atoms with Crippen LogP contribution in [0.3, 0.4) is 0 Å². The molecule has 2 unspecified atom stereocenters. The van der Waals surface area contributed by atoms with E-state index in [1.54, 1.807) is 24.4 Å². The zero-order valence-electron chi connectivity index (χ0n) is 27.7. The molecular weight excluding hydrogens is 618 g/mol. The number of aromatic carboxylic acids is 1. The Morgan fingerprint density at radius 2 is 0.940 bits per heavy atom. The van der Waals surface area contributed by atoms with Gasteiger partial charge in [0.1, 0.15) is 5.52 Å². The molecule has 4 aliphatic rings. The molecule has 1 aromatic heterocycles. The maximum Gasteiger partial charge on any atom is 0.343 e. The normalized spacial score (nSPS) is 26.5. The summed E-state index contributed by atoms with van der Waals surface area (Å²) in [5.41, 5.74) is 6.16. The zero-order valence-corrected chi connectivity index (χ0v) is 27.7. The number of para-hydroxylation sites is 1. The van der Waals surface area contributed by atoms with Crippen LogP contribution in [0, 0.1) is 0 Å². The van der Waals surface area contributed by atoms with Crippen molar-refractivity contribution in [1.82, 2.24) is 4.98 Å². The fourth-order valence-electron chi connectivity index (χ4n) is 10.7. The molecule has 4 bridgehead atoms. The lowest BCUT2D eigenvalue weighted by atomic mass is 9.32. The molecule has 50 heavy (non-hydrogen) atoms. The van der Waals surface area contributed by atoms with Crippen LogP contribution < -0.4 is 4.74 Å². The van der Waals surface area contributed by atoms with Crippen molar-refractivity contribution in [1.29, 1.82) is 0 Å². The molecule has 5 heteroatoms. The highest BCUT2D eigenvalue weighted by Gasteiger charge is 2.69. The standard InChI is InChI=1S/C45H37NO4/c47-40(48)32-16-20-36(21-17-32)44-26-42(34-11-3-1-4-12-34)25-43(27-44,35-13-5-2-6-14-35)29-45(28-42,30-44)37-22-18-33(19-23-37)41(49)50-38-15-7-9-31-10-8-24-46-39(31)38/h1-24H,25-30H2,(H,47,48). The average molecular weight is 656 g/mol. The number of pyridine rings is 1. The highest BCUT2D eigenvalue weighted by atomic mass is 16.5.